The molecule has 0 spiro atoms. The fourth-order valence-electron chi connectivity index (χ4n) is 4.97. The van der Waals surface area contributed by atoms with Gasteiger partial charge in [0.25, 0.3) is 10.0 Å². The average Bonchev–Trinajstić information content (AvgIpc) is 3.49. The van der Waals surface area contributed by atoms with Crippen LogP contribution in [0, 0.1) is 0 Å². The molecule has 1 aliphatic rings. The van der Waals surface area contributed by atoms with Gasteiger partial charge < -0.3 is 15.0 Å². The zero-order chi connectivity index (χ0) is 31.1. The molecule has 8 nitrogen and oxygen atoms in total. The van der Waals surface area contributed by atoms with E-state index in [1.807, 2.05) is 6.92 Å². The summed E-state index contributed by atoms with van der Waals surface area (Å²) in [6.07, 6.45) is 3.79. The summed E-state index contributed by atoms with van der Waals surface area (Å²) in [6.45, 7) is 3.19. The van der Waals surface area contributed by atoms with E-state index in [1.54, 1.807) is 49.4 Å². The van der Waals surface area contributed by atoms with Gasteiger partial charge in [-0.1, -0.05) is 53.7 Å². The summed E-state index contributed by atoms with van der Waals surface area (Å²) in [5.41, 5.74) is 0.693. The standard InChI is InChI=1S/C31H34Cl3N3O5S/c1-3-42-25-15-13-24(14-16-25)37(43(40,41)26-17-11-22(32)12-18-26)20-30(38)36(19-27-28(33)9-6-10-29(27)34)21(2)31(39)35-23-7-4-5-8-23/h6,9-18,21,23H,3-5,7-8,19-20H2,1-2H3,(H,35,39)/t21-/m0/s1. The molecule has 2 amide bonds. The Morgan fingerprint density at radius 2 is 1.56 bits per heavy atom. The highest BCUT2D eigenvalue weighted by atomic mass is 35.5. The minimum atomic E-state index is -4.24. The van der Waals surface area contributed by atoms with Gasteiger partial charge in [-0.2, -0.15) is 0 Å². The summed E-state index contributed by atoms with van der Waals surface area (Å²) in [7, 11) is -4.24. The lowest BCUT2D eigenvalue weighted by molar-refractivity contribution is -0.139. The fourth-order valence-corrected chi connectivity index (χ4v) is 7.02. The molecule has 0 aliphatic heterocycles. The summed E-state index contributed by atoms with van der Waals surface area (Å²) in [5.74, 6) is -0.401. The lowest BCUT2D eigenvalue weighted by Crippen LogP contribution is -2.52. The molecule has 0 unspecified atom stereocenters. The maximum atomic E-state index is 14.1. The number of benzene rings is 3. The molecule has 1 N–H and O–H groups in total. The monoisotopic (exact) mass is 665 g/mol. The highest BCUT2D eigenvalue weighted by Crippen LogP contribution is 2.30. The van der Waals surface area contributed by atoms with Gasteiger partial charge in [-0.25, -0.2) is 8.42 Å². The molecule has 1 atom stereocenters. The summed E-state index contributed by atoms with van der Waals surface area (Å²) < 4.78 is 34.5. The summed E-state index contributed by atoms with van der Waals surface area (Å²) in [6, 6.07) is 16.1. The van der Waals surface area contributed by atoms with Crippen LogP contribution in [0.2, 0.25) is 15.1 Å². The minimum absolute atomic E-state index is 0.0291. The third-order valence-electron chi connectivity index (χ3n) is 7.38. The molecule has 12 heteroatoms. The molecule has 43 heavy (non-hydrogen) atoms. The van der Waals surface area contributed by atoms with Crippen molar-refractivity contribution in [1.82, 2.24) is 10.2 Å². The van der Waals surface area contributed by atoms with E-state index in [4.69, 9.17) is 39.5 Å². The topological polar surface area (TPSA) is 96.0 Å². The van der Waals surface area contributed by atoms with Crippen LogP contribution in [0.1, 0.15) is 45.1 Å². The molecule has 230 valence electrons. The van der Waals surface area contributed by atoms with E-state index in [9.17, 15) is 18.0 Å². The summed E-state index contributed by atoms with van der Waals surface area (Å²) in [5, 5.41) is 4.05. The Labute approximate surface area is 267 Å². The molecule has 0 radical (unpaired) electrons. The van der Waals surface area contributed by atoms with Gasteiger partial charge in [0.05, 0.1) is 17.2 Å². The van der Waals surface area contributed by atoms with Crippen molar-refractivity contribution in [2.45, 2.75) is 63.1 Å². The Bertz CT molecular complexity index is 1510. The largest absolute Gasteiger partial charge is 0.494 e. The van der Waals surface area contributed by atoms with Crippen molar-refractivity contribution in [2.24, 2.45) is 0 Å². The molecule has 1 aliphatic carbocycles. The van der Waals surface area contributed by atoms with Gasteiger partial charge >= 0.3 is 0 Å². The molecule has 0 aromatic heterocycles. The van der Waals surface area contributed by atoms with Crippen molar-refractivity contribution in [3.8, 4) is 5.75 Å². The van der Waals surface area contributed by atoms with E-state index in [-0.39, 0.29) is 29.1 Å². The van der Waals surface area contributed by atoms with Crippen molar-refractivity contribution in [2.75, 3.05) is 17.5 Å². The summed E-state index contributed by atoms with van der Waals surface area (Å²) in [4.78, 5) is 28.8. The number of sulfonamides is 1. The molecule has 1 saturated carbocycles. The quantitative estimate of drug-likeness (QED) is 0.232. The van der Waals surface area contributed by atoms with Gasteiger partial charge in [0, 0.05) is 33.2 Å². The first-order valence-corrected chi connectivity index (χ1v) is 16.6. The van der Waals surface area contributed by atoms with Gasteiger partial charge in [0.1, 0.15) is 18.3 Å². The van der Waals surface area contributed by atoms with Gasteiger partial charge in [0.15, 0.2) is 0 Å². The number of carbonyl (C=O) groups excluding carboxylic acids is 2. The number of amides is 2. The molecular formula is C31H34Cl3N3O5S. The zero-order valence-electron chi connectivity index (χ0n) is 23.9. The minimum Gasteiger partial charge on any atom is -0.494 e. The predicted molar refractivity (Wildman–Crippen MR) is 170 cm³/mol. The molecule has 3 aromatic rings. The van der Waals surface area contributed by atoms with Crippen LogP contribution in [-0.2, 0) is 26.2 Å². The SMILES string of the molecule is CCOc1ccc(N(CC(=O)N(Cc2c(Cl)cccc2Cl)[C@@H](C)C(=O)NC2CCCC2)S(=O)(=O)c2ccc(Cl)cc2)cc1. The third kappa shape index (κ3) is 8.15. The summed E-state index contributed by atoms with van der Waals surface area (Å²) >= 11 is 18.9. The lowest BCUT2D eigenvalue weighted by atomic mass is 10.1. The van der Waals surface area contributed by atoms with Gasteiger partial charge in [-0.15, -0.1) is 0 Å². The number of halogens is 3. The maximum Gasteiger partial charge on any atom is 0.264 e. The van der Waals surface area contributed by atoms with Crippen LogP contribution in [0.25, 0.3) is 0 Å². The molecule has 0 bridgehead atoms. The van der Waals surface area contributed by atoms with Crippen molar-refractivity contribution in [1.29, 1.82) is 0 Å². The van der Waals surface area contributed by atoms with Crippen molar-refractivity contribution in [3.63, 3.8) is 0 Å². The van der Waals surface area contributed by atoms with Crippen molar-refractivity contribution >= 4 is 62.3 Å². The fraction of sp³-hybridized carbons (Fsp3) is 0.355. The first-order valence-electron chi connectivity index (χ1n) is 14.0. The van der Waals surface area contributed by atoms with E-state index < -0.39 is 28.5 Å². The van der Waals surface area contributed by atoms with E-state index in [1.165, 1.54) is 29.2 Å². The molecule has 1 fully saturated rings. The number of hydrogen-bond donors (Lipinski definition) is 1. The number of nitrogens with one attached hydrogen (secondary N) is 1. The molecule has 4 rings (SSSR count). The van der Waals surface area contributed by atoms with Crippen molar-refractivity contribution in [3.05, 3.63) is 87.4 Å². The predicted octanol–water partition coefficient (Wildman–Crippen LogP) is 6.72. The van der Waals surface area contributed by atoms with Gasteiger partial charge in [0.2, 0.25) is 11.8 Å². The lowest BCUT2D eigenvalue weighted by Gasteiger charge is -2.33. The van der Waals surface area contributed by atoms with E-state index in [0.29, 0.717) is 33.0 Å². The Hall–Kier alpha value is -2.98. The first kappa shape index (κ1) is 32.9. The van der Waals surface area contributed by atoms with Crippen LogP contribution < -0.4 is 14.4 Å². The molecule has 0 heterocycles. The number of rotatable bonds is 12. The van der Waals surface area contributed by atoms with Crippen LogP contribution in [-0.4, -0.2) is 50.4 Å². The number of carbonyl (C=O) groups is 2. The highest BCUT2D eigenvalue weighted by molar-refractivity contribution is 7.92. The van der Waals surface area contributed by atoms with Crippen molar-refractivity contribution < 1.29 is 22.7 Å². The van der Waals surface area contributed by atoms with Gasteiger partial charge in [-0.3, -0.25) is 13.9 Å². The normalized spacial score (nSPS) is 14.3. The van der Waals surface area contributed by atoms with Crippen LogP contribution >= 0.6 is 34.8 Å². The van der Waals surface area contributed by atoms with E-state index in [0.717, 1.165) is 30.0 Å². The van der Waals surface area contributed by atoms with Gasteiger partial charge in [-0.05, 0) is 87.4 Å². The Morgan fingerprint density at radius 1 is 0.953 bits per heavy atom. The second-order valence-corrected chi connectivity index (χ2v) is 13.4. The van der Waals surface area contributed by atoms with E-state index >= 15 is 0 Å². The zero-order valence-corrected chi connectivity index (χ0v) is 27.0. The average molecular weight is 667 g/mol. The Balaban J connectivity index is 1.72. The second kappa shape index (κ2) is 14.7. The molecular weight excluding hydrogens is 633 g/mol. The second-order valence-electron chi connectivity index (χ2n) is 10.3. The first-order chi connectivity index (χ1) is 20.5. The number of ether oxygens (including phenoxy) is 1. The third-order valence-corrected chi connectivity index (χ3v) is 10.1. The van der Waals surface area contributed by atoms with Crippen LogP contribution in [0.5, 0.6) is 5.75 Å². The number of nitrogens with zero attached hydrogens (tertiary/aromatic N) is 2. The Morgan fingerprint density at radius 3 is 2.14 bits per heavy atom. The Kier molecular flexibility index (Phi) is 11.2. The molecule has 0 saturated heterocycles. The van der Waals surface area contributed by atoms with E-state index in [2.05, 4.69) is 5.32 Å². The number of hydrogen-bond acceptors (Lipinski definition) is 5. The number of anilines is 1. The smallest absolute Gasteiger partial charge is 0.264 e. The van der Waals surface area contributed by atoms with Crippen LogP contribution in [0.15, 0.2) is 71.6 Å². The highest BCUT2D eigenvalue weighted by Gasteiger charge is 2.34. The molecule has 3 aromatic carbocycles. The van der Waals surface area contributed by atoms with Crippen LogP contribution in [0.3, 0.4) is 0 Å². The van der Waals surface area contributed by atoms with Crippen LogP contribution in [0.4, 0.5) is 5.69 Å². The maximum absolute atomic E-state index is 14.1.